The predicted octanol–water partition coefficient (Wildman–Crippen LogP) is 2.74. The van der Waals surface area contributed by atoms with Crippen LogP contribution < -0.4 is 15.2 Å². The van der Waals surface area contributed by atoms with E-state index in [4.69, 9.17) is 15.2 Å². The number of benzene rings is 1. The molecule has 1 saturated carbocycles. The lowest BCUT2D eigenvalue weighted by atomic mass is 10.1. The highest BCUT2D eigenvalue weighted by Gasteiger charge is 2.26. The average Bonchev–Trinajstić information content (AvgIpc) is 3.31. The maximum Gasteiger partial charge on any atom is 0.250 e. The molecule has 1 aromatic heterocycles. The summed E-state index contributed by atoms with van der Waals surface area (Å²) in [6.07, 6.45) is 2.51. The number of rotatable bonds is 4. The monoisotopic (exact) mass is 312 g/mol. The van der Waals surface area contributed by atoms with E-state index < -0.39 is 0 Å². The number of amides is 1. The predicted molar refractivity (Wildman–Crippen MR) is 86.8 cm³/mol. The normalized spacial score (nSPS) is 16.4. The van der Waals surface area contributed by atoms with Gasteiger partial charge in [-0.25, -0.2) is 0 Å². The van der Waals surface area contributed by atoms with Crippen LogP contribution in [0.1, 0.15) is 28.9 Å². The van der Waals surface area contributed by atoms with Crippen LogP contribution in [0.3, 0.4) is 0 Å². The van der Waals surface area contributed by atoms with Gasteiger partial charge in [0.1, 0.15) is 13.2 Å². The minimum atomic E-state index is -0.379. The topological polar surface area (TPSA) is 66.5 Å². The van der Waals surface area contributed by atoms with Gasteiger partial charge in [0.15, 0.2) is 11.5 Å². The molecule has 1 fully saturated rings. The van der Waals surface area contributed by atoms with Crippen LogP contribution in [0, 0.1) is 12.8 Å². The van der Waals surface area contributed by atoms with E-state index in [-0.39, 0.29) is 5.91 Å². The van der Waals surface area contributed by atoms with Crippen molar-refractivity contribution in [3.8, 4) is 22.8 Å². The van der Waals surface area contributed by atoms with Crippen LogP contribution >= 0.6 is 0 Å². The number of aromatic nitrogens is 1. The van der Waals surface area contributed by atoms with Gasteiger partial charge in [-0.1, -0.05) is 0 Å². The maximum absolute atomic E-state index is 11.7. The Bertz CT molecular complexity index is 775. The average molecular weight is 312 g/mol. The summed E-state index contributed by atoms with van der Waals surface area (Å²) in [5, 5.41) is 0. The van der Waals surface area contributed by atoms with E-state index in [0.717, 1.165) is 35.0 Å². The van der Waals surface area contributed by atoms with Crippen molar-refractivity contribution in [1.29, 1.82) is 0 Å². The van der Waals surface area contributed by atoms with Gasteiger partial charge in [0.2, 0.25) is 0 Å². The van der Waals surface area contributed by atoms with Crippen LogP contribution in [-0.4, -0.2) is 23.7 Å². The van der Waals surface area contributed by atoms with Crippen LogP contribution in [0.5, 0.6) is 11.5 Å². The molecule has 2 aromatic rings. The number of carbonyl (C=O) groups excluding carboxylic acids is 1. The van der Waals surface area contributed by atoms with Gasteiger partial charge < -0.3 is 19.8 Å². The first-order valence-electron chi connectivity index (χ1n) is 8.03. The highest BCUT2D eigenvalue weighted by molar-refractivity contribution is 5.95. The van der Waals surface area contributed by atoms with E-state index in [1.807, 2.05) is 31.2 Å². The first-order chi connectivity index (χ1) is 11.1. The summed E-state index contributed by atoms with van der Waals surface area (Å²) in [6, 6.07) is 7.82. The summed E-state index contributed by atoms with van der Waals surface area (Å²) in [4.78, 5) is 11.7. The van der Waals surface area contributed by atoms with Gasteiger partial charge in [-0.05, 0) is 49.9 Å². The summed E-state index contributed by atoms with van der Waals surface area (Å²) >= 11 is 0. The molecule has 1 aliphatic heterocycles. The molecule has 0 unspecified atom stereocenters. The second kappa shape index (κ2) is 5.33. The molecule has 5 nitrogen and oxygen atoms in total. The lowest BCUT2D eigenvalue weighted by Crippen LogP contribution is -2.15. The quantitative estimate of drug-likeness (QED) is 0.944. The molecule has 1 aromatic carbocycles. The zero-order valence-corrected chi connectivity index (χ0v) is 13.2. The van der Waals surface area contributed by atoms with Crippen molar-refractivity contribution in [2.75, 3.05) is 13.2 Å². The fourth-order valence-electron chi connectivity index (χ4n) is 3.13. The number of carbonyl (C=O) groups is 1. The van der Waals surface area contributed by atoms with Crippen molar-refractivity contribution in [1.82, 2.24) is 4.57 Å². The minimum Gasteiger partial charge on any atom is -0.486 e. The molecule has 23 heavy (non-hydrogen) atoms. The number of hydrogen-bond donors (Lipinski definition) is 1. The molecule has 0 radical (unpaired) electrons. The summed E-state index contributed by atoms with van der Waals surface area (Å²) in [7, 11) is 0. The van der Waals surface area contributed by atoms with Crippen molar-refractivity contribution in [3.63, 3.8) is 0 Å². The molecule has 0 spiro atoms. The molecule has 1 aliphatic carbocycles. The van der Waals surface area contributed by atoms with E-state index in [1.54, 1.807) is 0 Å². The van der Waals surface area contributed by atoms with Gasteiger partial charge >= 0.3 is 0 Å². The van der Waals surface area contributed by atoms with Gasteiger partial charge in [-0.15, -0.1) is 0 Å². The van der Waals surface area contributed by atoms with E-state index in [2.05, 4.69) is 4.57 Å². The fraction of sp³-hybridized carbons (Fsp3) is 0.389. The molecule has 1 amide bonds. The molecule has 2 heterocycles. The SMILES string of the molecule is Cc1c(C(N)=O)cc(-c2ccc3c(c2)OCCO3)n1CC1CC1. The number of fused-ring (bicyclic) bond motifs is 1. The number of ether oxygens (including phenoxy) is 2. The van der Waals surface area contributed by atoms with Gasteiger partial charge in [0.05, 0.1) is 5.56 Å². The van der Waals surface area contributed by atoms with Crippen LogP contribution in [0.25, 0.3) is 11.3 Å². The van der Waals surface area contributed by atoms with Crippen molar-refractivity contribution in [2.45, 2.75) is 26.3 Å². The van der Waals surface area contributed by atoms with Gasteiger partial charge in [0.25, 0.3) is 5.91 Å². The maximum atomic E-state index is 11.7. The molecule has 0 saturated heterocycles. The smallest absolute Gasteiger partial charge is 0.250 e. The van der Waals surface area contributed by atoms with Crippen LogP contribution in [0.2, 0.25) is 0 Å². The number of hydrogen-bond acceptors (Lipinski definition) is 3. The second-order valence-electron chi connectivity index (χ2n) is 6.31. The lowest BCUT2D eigenvalue weighted by molar-refractivity contribution is 0.0999. The molecule has 0 bridgehead atoms. The highest BCUT2D eigenvalue weighted by Crippen LogP contribution is 2.38. The summed E-state index contributed by atoms with van der Waals surface area (Å²) < 4.78 is 13.5. The lowest BCUT2D eigenvalue weighted by Gasteiger charge is -2.19. The molecular formula is C18H20N2O3. The molecule has 2 N–H and O–H groups in total. The third kappa shape index (κ3) is 2.56. The summed E-state index contributed by atoms with van der Waals surface area (Å²) in [5.41, 5.74) is 9.10. The first kappa shape index (κ1) is 14.2. The number of nitrogens with two attached hydrogens (primary N) is 1. The van der Waals surface area contributed by atoms with Crippen LogP contribution in [0.15, 0.2) is 24.3 Å². The Morgan fingerprint density at radius 3 is 2.65 bits per heavy atom. The summed E-state index contributed by atoms with van der Waals surface area (Å²) in [6.45, 7) is 4.04. The first-order valence-corrected chi connectivity index (χ1v) is 8.03. The second-order valence-corrected chi connectivity index (χ2v) is 6.31. The molecule has 0 atom stereocenters. The van der Waals surface area contributed by atoms with Gasteiger partial charge in [-0.2, -0.15) is 0 Å². The zero-order chi connectivity index (χ0) is 16.0. The molecule has 120 valence electrons. The molecule has 2 aliphatic rings. The van der Waals surface area contributed by atoms with Crippen molar-refractivity contribution >= 4 is 5.91 Å². The van der Waals surface area contributed by atoms with Crippen LogP contribution in [0.4, 0.5) is 0 Å². The highest BCUT2D eigenvalue weighted by atomic mass is 16.6. The minimum absolute atomic E-state index is 0.379. The van der Waals surface area contributed by atoms with Gasteiger partial charge in [-0.3, -0.25) is 4.79 Å². The number of primary amides is 1. The molecule has 5 heteroatoms. The van der Waals surface area contributed by atoms with E-state index in [1.165, 1.54) is 12.8 Å². The van der Waals surface area contributed by atoms with Crippen molar-refractivity contribution in [3.05, 3.63) is 35.5 Å². The summed E-state index contributed by atoms with van der Waals surface area (Å²) in [5.74, 6) is 1.85. The molecule has 4 rings (SSSR count). The largest absolute Gasteiger partial charge is 0.486 e. The standard InChI is InChI=1S/C18H20N2O3/c1-11-14(18(19)21)9-15(20(11)10-12-2-3-12)13-4-5-16-17(8-13)23-7-6-22-16/h4-5,8-9,12H,2-3,6-7,10H2,1H3,(H2,19,21). The Balaban J connectivity index is 1.80. The zero-order valence-electron chi connectivity index (χ0n) is 13.2. The molecular weight excluding hydrogens is 292 g/mol. The van der Waals surface area contributed by atoms with E-state index >= 15 is 0 Å². The van der Waals surface area contributed by atoms with E-state index in [9.17, 15) is 4.79 Å². The Labute approximate surface area is 135 Å². The van der Waals surface area contributed by atoms with Crippen molar-refractivity contribution in [2.24, 2.45) is 11.7 Å². The number of nitrogens with zero attached hydrogens (tertiary/aromatic N) is 1. The van der Waals surface area contributed by atoms with Gasteiger partial charge in [0, 0.05) is 23.5 Å². The Morgan fingerprint density at radius 2 is 1.96 bits per heavy atom. The fourth-order valence-corrected chi connectivity index (χ4v) is 3.13. The van der Waals surface area contributed by atoms with E-state index in [0.29, 0.717) is 24.7 Å². The Kier molecular flexibility index (Phi) is 3.29. The third-order valence-corrected chi connectivity index (χ3v) is 4.61. The Hall–Kier alpha value is -2.43. The third-order valence-electron chi connectivity index (χ3n) is 4.61. The Morgan fingerprint density at radius 1 is 1.22 bits per heavy atom. The van der Waals surface area contributed by atoms with Crippen molar-refractivity contribution < 1.29 is 14.3 Å². The van der Waals surface area contributed by atoms with Crippen LogP contribution in [-0.2, 0) is 6.54 Å².